The molecule has 0 aromatic heterocycles. The van der Waals surface area contributed by atoms with Crippen LogP contribution >= 0.6 is 11.6 Å². The second-order valence-corrected chi connectivity index (χ2v) is 7.53. The van der Waals surface area contributed by atoms with Crippen molar-refractivity contribution >= 4 is 35.0 Å². The van der Waals surface area contributed by atoms with Gasteiger partial charge in [0, 0.05) is 30.3 Å². The Kier molecular flexibility index (Phi) is 6.54. The Bertz CT molecular complexity index is 927. The van der Waals surface area contributed by atoms with Crippen molar-refractivity contribution in [3.63, 3.8) is 0 Å². The summed E-state index contributed by atoms with van der Waals surface area (Å²) >= 11 is 5.88. The zero-order chi connectivity index (χ0) is 21.0. The number of carbonyl (C=O) groups excluding carboxylic acids is 3. The summed E-state index contributed by atoms with van der Waals surface area (Å²) < 4.78 is 0. The Morgan fingerprint density at radius 1 is 1.03 bits per heavy atom. The summed E-state index contributed by atoms with van der Waals surface area (Å²) in [4.78, 5) is 40.3. The van der Waals surface area contributed by atoms with Crippen molar-refractivity contribution in [3.8, 4) is 0 Å². The zero-order valence-corrected chi connectivity index (χ0v) is 17.3. The van der Waals surface area contributed by atoms with Crippen molar-refractivity contribution in [2.75, 3.05) is 25.0 Å². The lowest BCUT2D eigenvalue weighted by molar-refractivity contribution is -0.157. The smallest absolute Gasteiger partial charge is 0.312 e. The van der Waals surface area contributed by atoms with Crippen LogP contribution in [0.4, 0.5) is 5.69 Å². The molecule has 152 valence electrons. The summed E-state index contributed by atoms with van der Waals surface area (Å²) in [6.45, 7) is 4.85. The Balaban J connectivity index is 1.60. The molecule has 1 aliphatic rings. The lowest BCUT2D eigenvalue weighted by Crippen LogP contribution is -2.55. The topological polar surface area (TPSA) is 69.7 Å². The van der Waals surface area contributed by atoms with Gasteiger partial charge in [0.05, 0.1) is 0 Å². The normalized spacial score (nSPS) is 14.3. The predicted molar refractivity (Wildman–Crippen MR) is 113 cm³/mol. The highest BCUT2D eigenvalue weighted by atomic mass is 35.5. The van der Waals surface area contributed by atoms with Crippen LogP contribution in [-0.2, 0) is 27.3 Å². The molecular formula is C22H24ClN3O3. The van der Waals surface area contributed by atoms with E-state index in [1.54, 1.807) is 12.1 Å². The van der Waals surface area contributed by atoms with E-state index in [0.29, 0.717) is 24.7 Å². The third kappa shape index (κ3) is 4.95. The van der Waals surface area contributed by atoms with Gasteiger partial charge in [-0.25, -0.2) is 0 Å². The molecule has 6 nitrogen and oxygen atoms in total. The molecule has 0 spiro atoms. The Morgan fingerprint density at radius 3 is 2.38 bits per heavy atom. The zero-order valence-electron chi connectivity index (χ0n) is 16.6. The minimum atomic E-state index is -0.652. The van der Waals surface area contributed by atoms with Crippen LogP contribution in [0.2, 0.25) is 5.02 Å². The van der Waals surface area contributed by atoms with Gasteiger partial charge in [-0.1, -0.05) is 48.9 Å². The molecule has 1 heterocycles. The van der Waals surface area contributed by atoms with Crippen molar-refractivity contribution in [3.05, 3.63) is 64.2 Å². The van der Waals surface area contributed by atoms with E-state index in [2.05, 4.69) is 5.32 Å². The predicted octanol–water partition coefficient (Wildman–Crippen LogP) is 3.02. The summed E-state index contributed by atoms with van der Waals surface area (Å²) in [6, 6.07) is 13.0. The van der Waals surface area contributed by atoms with Gasteiger partial charge in [0.1, 0.15) is 6.54 Å². The Hall–Kier alpha value is -2.86. The lowest BCUT2D eigenvalue weighted by atomic mass is 10.1. The fourth-order valence-corrected chi connectivity index (χ4v) is 3.51. The number of rotatable bonds is 6. The molecule has 2 aromatic carbocycles. The molecule has 29 heavy (non-hydrogen) atoms. The number of nitrogens with zero attached hydrogens (tertiary/aromatic N) is 2. The van der Waals surface area contributed by atoms with Crippen molar-refractivity contribution < 1.29 is 14.4 Å². The largest absolute Gasteiger partial charge is 0.328 e. The number of piperazine rings is 1. The molecule has 0 unspecified atom stereocenters. The number of hydrogen-bond acceptors (Lipinski definition) is 3. The van der Waals surface area contributed by atoms with Gasteiger partial charge in [-0.15, -0.1) is 0 Å². The molecule has 1 saturated heterocycles. The third-order valence-corrected chi connectivity index (χ3v) is 5.27. The Morgan fingerprint density at radius 2 is 1.69 bits per heavy atom. The first-order chi connectivity index (χ1) is 13.9. The van der Waals surface area contributed by atoms with Gasteiger partial charge >= 0.3 is 11.8 Å². The summed E-state index contributed by atoms with van der Waals surface area (Å²) in [5.74, 6) is -1.55. The number of hydrogen-bond donors (Lipinski definition) is 1. The first-order valence-corrected chi connectivity index (χ1v) is 9.97. The lowest BCUT2D eigenvalue weighted by Gasteiger charge is -2.33. The number of anilines is 1. The molecule has 0 radical (unpaired) electrons. The summed E-state index contributed by atoms with van der Waals surface area (Å²) in [5.41, 5.74) is 3.68. The molecule has 0 saturated carbocycles. The number of aryl methyl sites for hydroxylation is 2. The average molecular weight is 414 g/mol. The van der Waals surface area contributed by atoms with Crippen LogP contribution in [0, 0.1) is 6.92 Å². The number of para-hydroxylation sites is 1. The summed E-state index contributed by atoms with van der Waals surface area (Å²) in [5, 5.41) is 3.52. The van der Waals surface area contributed by atoms with E-state index in [4.69, 9.17) is 11.6 Å². The number of nitrogens with one attached hydrogen (secondary N) is 1. The molecule has 1 aliphatic heterocycles. The second kappa shape index (κ2) is 9.09. The van der Waals surface area contributed by atoms with Crippen molar-refractivity contribution in [1.29, 1.82) is 0 Å². The van der Waals surface area contributed by atoms with Gasteiger partial charge in [0.25, 0.3) is 0 Å². The van der Waals surface area contributed by atoms with Gasteiger partial charge in [0.15, 0.2) is 0 Å². The van der Waals surface area contributed by atoms with Gasteiger partial charge in [-0.2, -0.15) is 0 Å². The molecule has 3 amide bonds. The van der Waals surface area contributed by atoms with Crippen molar-refractivity contribution in [2.45, 2.75) is 26.8 Å². The molecule has 2 aromatic rings. The minimum absolute atomic E-state index is 0.142. The fourth-order valence-electron chi connectivity index (χ4n) is 3.38. The molecule has 7 heteroatoms. The van der Waals surface area contributed by atoms with E-state index < -0.39 is 11.8 Å². The molecule has 0 bridgehead atoms. The first-order valence-electron chi connectivity index (χ1n) is 9.60. The molecule has 0 aliphatic carbocycles. The number of carbonyl (C=O) groups is 3. The highest BCUT2D eigenvalue weighted by Gasteiger charge is 2.33. The van der Waals surface area contributed by atoms with E-state index in [1.165, 1.54) is 9.80 Å². The molecule has 3 rings (SSSR count). The quantitative estimate of drug-likeness (QED) is 0.740. The minimum Gasteiger partial charge on any atom is -0.328 e. The monoisotopic (exact) mass is 413 g/mol. The van der Waals surface area contributed by atoms with Gasteiger partial charge in [-0.3, -0.25) is 14.4 Å². The van der Waals surface area contributed by atoms with E-state index >= 15 is 0 Å². The van der Waals surface area contributed by atoms with Crippen molar-refractivity contribution in [1.82, 2.24) is 9.80 Å². The number of amides is 3. The SMILES string of the molecule is CCc1cccc(C)c1NC(=O)CN1CCN(Cc2ccc(Cl)cc2)C(=O)C1=O. The second-order valence-electron chi connectivity index (χ2n) is 7.09. The standard InChI is InChI=1S/C22H24ClN3O3/c1-3-17-6-4-5-15(2)20(17)24-19(27)14-26-12-11-25(21(28)22(26)29)13-16-7-9-18(23)10-8-16/h4-10H,3,11-14H2,1-2H3,(H,24,27). The molecular weight excluding hydrogens is 390 g/mol. The van der Waals surface area contributed by atoms with Gasteiger partial charge in [-0.05, 0) is 42.2 Å². The first kappa shape index (κ1) is 20.9. The Labute approximate surface area is 175 Å². The van der Waals surface area contributed by atoms with Crippen LogP contribution in [0.15, 0.2) is 42.5 Å². The molecule has 1 fully saturated rings. The van der Waals surface area contributed by atoms with Crippen LogP contribution < -0.4 is 5.32 Å². The maximum absolute atomic E-state index is 12.5. The third-order valence-electron chi connectivity index (χ3n) is 5.02. The molecule has 1 N–H and O–H groups in total. The van der Waals surface area contributed by atoms with Crippen LogP contribution in [0.5, 0.6) is 0 Å². The van der Waals surface area contributed by atoms with E-state index in [1.807, 2.05) is 44.2 Å². The average Bonchev–Trinajstić information content (AvgIpc) is 2.71. The van der Waals surface area contributed by atoms with Gasteiger partial charge in [0.2, 0.25) is 5.91 Å². The van der Waals surface area contributed by atoms with E-state index in [0.717, 1.165) is 28.8 Å². The molecule has 0 atom stereocenters. The number of benzene rings is 2. The highest BCUT2D eigenvalue weighted by Crippen LogP contribution is 2.21. The van der Waals surface area contributed by atoms with Crippen molar-refractivity contribution in [2.24, 2.45) is 0 Å². The van der Waals surface area contributed by atoms with Crippen LogP contribution in [0.1, 0.15) is 23.6 Å². The summed E-state index contributed by atoms with van der Waals surface area (Å²) in [7, 11) is 0. The van der Waals surface area contributed by atoms with E-state index in [9.17, 15) is 14.4 Å². The summed E-state index contributed by atoms with van der Waals surface area (Å²) in [6.07, 6.45) is 0.790. The maximum Gasteiger partial charge on any atom is 0.312 e. The number of halogens is 1. The maximum atomic E-state index is 12.5. The van der Waals surface area contributed by atoms with E-state index in [-0.39, 0.29) is 12.5 Å². The highest BCUT2D eigenvalue weighted by molar-refractivity contribution is 6.35. The van der Waals surface area contributed by atoms with Gasteiger partial charge < -0.3 is 15.1 Å². The van der Waals surface area contributed by atoms with Crippen LogP contribution in [0.25, 0.3) is 0 Å². The van der Waals surface area contributed by atoms with Crippen LogP contribution in [0.3, 0.4) is 0 Å². The fraction of sp³-hybridized carbons (Fsp3) is 0.318. The van der Waals surface area contributed by atoms with Crippen LogP contribution in [-0.4, -0.2) is 47.2 Å².